The maximum absolute atomic E-state index is 9.44. The van der Waals surface area contributed by atoms with Crippen LogP contribution in [-0.2, 0) is 6.42 Å². The lowest BCUT2D eigenvalue weighted by Gasteiger charge is -2.38. The van der Waals surface area contributed by atoms with Crippen LogP contribution in [0.5, 0.6) is 0 Å². The van der Waals surface area contributed by atoms with Gasteiger partial charge in [0, 0.05) is 36.3 Å². The summed E-state index contributed by atoms with van der Waals surface area (Å²) in [6.07, 6.45) is 0.269. The molecule has 3 aromatic heterocycles. The lowest BCUT2D eigenvalue weighted by Crippen LogP contribution is -2.56. The van der Waals surface area contributed by atoms with Crippen molar-refractivity contribution >= 4 is 56.9 Å². The van der Waals surface area contributed by atoms with Crippen LogP contribution in [0.1, 0.15) is 25.4 Å². The average Bonchev–Trinajstić information content (AvgIpc) is 3.15. The third-order valence-corrected chi connectivity index (χ3v) is 6.97. The van der Waals surface area contributed by atoms with Gasteiger partial charge >= 0.3 is 0 Å². The summed E-state index contributed by atoms with van der Waals surface area (Å²) in [7, 11) is 0. The van der Waals surface area contributed by atoms with Crippen molar-refractivity contribution in [1.82, 2.24) is 35.5 Å². The largest absolute Gasteiger partial charge is 0.392 e. The van der Waals surface area contributed by atoms with Gasteiger partial charge in [0.2, 0.25) is 0 Å². The molecule has 10 nitrogen and oxygen atoms in total. The van der Waals surface area contributed by atoms with Crippen molar-refractivity contribution in [2.45, 2.75) is 42.5 Å². The summed E-state index contributed by atoms with van der Waals surface area (Å²) in [5.74, 6) is 1.19. The Bertz CT molecular complexity index is 1420. The first-order valence-electron chi connectivity index (χ1n) is 11.3. The van der Waals surface area contributed by atoms with E-state index >= 15 is 0 Å². The molecule has 1 fully saturated rings. The first-order valence-corrected chi connectivity index (χ1v) is 12.5. The van der Waals surface area contributed by atoms with Gasteiger partial charge in [0.15, 0.2) is 11.0 Å². The molecule has 35 heavy (non-hydrogen) atoms. The molecule has 0 unspecified atom stereocenters. The molecule has 0 aliphatic carbocycles. The highest BCUT2D eigenvalue weighted by Gasteiger charge is 2.29. The van der Waals surface area contributed by atoms with Crippen molar-refractivity contribution in [3.05, 3.63) is 41.3 Å². The first-order chi connectivity index (χ1) is 16.8. The summed E-state index contributed by atoms with van der Waals surface area (Å²) in [5.41, 5.74) is 9.53. The van der Waals surface area contributed by atoms with Crippen LogP contribution in [0, 0.1) is 0 Å². The lowest BCUT2D eigenvalue weighted by molar-refractivity contribution is 0.197. The molecule has 1 atom stereocenters. The van der Waals surface area contributed by atoms with Crippen molar-refractivity contribution in [2.24, 2.45) is 5.73 Å². The van der Waals surface area contributed by atoms with Crippen LogP contribution in [0.4, 0.5) is 5.82 Å². The van der Waals surface area contributed by atoms with Crippen LogP contribution >= 0.6 is 23.4 Å². The summed E-state index contributed by atoms with van der Waals surface area (Å²) in [6.45, 7) is 9.48. The fourth-order valence-corrected chi connectivity index (χ4v) is 4.98. The van der Waals surface area contributed by atoms with Gasteiger partial charge in [0.1, 0.15) is 17.0 Å². The summed E-state index contributed by atoms with van der Waals surface area (Å²) in [6, 6.07) is 5.87. The fraction of sp³-hybridized carbons (Fsp3) is 0.348. The summed E-state index contributed by atoms with van der Waals surface area (Å²) in [5, 5.41) is 23.0. The maximum atomic E-state index is 9.44. The van der Waals surface area contributed by atoms with Crippen LogP contribution in [0.25, 0.3) is 27.8 Å². The van der Waals surface area contributed by atoms with Gasteiger partial charge < -0.3 is 26.0 Å². The highest BCUT2D eigenvalue weighted by molar-refractivity contribution is 7.99. The number of aromatic amines is 1. The number of aromatic nitrogens is 6. The molecule has 1 aromatic carbocycles. The SMILES string of the molecule is C=C(NC[C@H](C)O)c1nnc2cc(Sc3nc(N4CC(N)C4)c4c(Cl)c(CC)[nH]c4n3)ccc2n1. The number of aryl methyl sites for hydroxylation is 1. The summed E-state index contributed by atoms with van der Waals surface area (Å²) >= 11 is 8.08. The number of nitrogens with zero attached hydrogens (tertiary/aromatic N) is 6. The zero-order valence-electron chi connectivity index (χ0n) is 19.4. The number of fused-ring (bicyclic) bond motifs is 2. The van der Waals surface area contributed by atoms with Crippen LogP contribution < -0.4 is 16.0 Å². The number of H-pyrrole nitrogens is 1. The Kier molecular flexibility index (Phi) is 6.49. The Morgan fingerprint density at radius 2 is 2.11 bits per heavy atom. The third-order valence-electron chi connectivity index (χ3n) is 5.70. The van der Waals surface area contributed by atoms with Gasteiger partial charge in [-0.15, -0.1) is 10.2 Å². The molecule has 0 amide bonds. The third kappa shape index (κ3) is 4.76. The van der Waals surface area contributed by atoms with Crippen LogP contribution in [0.15, 0.2) is 34.8 Å². The van der Waals surface area contributed by atoms with Gasteiger partial charge in [-0.25, -0.2) is 15.0 Å². The smallest absolute Gasteiger partial charge is 0.197 e. The van der Waals surface area contributed by atoms with E-state index < -0.39 is 6.10 Å². The number of rotatable bonds is 8. The molecule has 4 heterocycles. The number of aliphatic hydroxyl groups excluding tert-OH is 1. The van der Waals surface area contributed by atoms with E-state index in [9.17, 15) is 5.11 Å². The number of aliphatic hydroxyl groups is 1. The Morgan fingerprint density at radius 3 is 2.83 bits per heavy atom. The van der Waals surface area contributed by atoms with Gasteiger partial charge in [0.05, 0.1) is 27.7 Å². The van der Waals surface area contributed by atoms with Crippen molar-refractivity contribution in [1.29, 1.82) is 0 Å². The molecule has 182 valence electrons. The maximum Gasteiger partial charge on any atom is 0.197 e. The zero-order chi connectivity index (χ0) is 24.7. The van der Waals surface area contributed by atoms with E-state index in [1.54, 1.807) is 6.92 Å². The number of anilines is 1. The number of hydrogen-bond donors (Lipinski definition) is 4. The predicted molar refractivity (Wildman–Crippen MR) is 139 cm³/mol. The monoisotopic (exact) mass is 511 g/mol. The zero-order valence-corrected chi connectivity index (χ0v) is 21.0. The molecule has 0 saturated carbocycles. The van der Waals surface area contributed by atoms with E-state index in [0.717, 1.165) is 47.0 Å². The molecule has 1 saturated heterocycles. The Labute approximate surface area is 211 Å². The van der Waals surface area contributed by atoms with E-state index in [4.69, 9.17) is 27.3 Å². The van der Waals surface area contributed by atoms with Gasteiger partial charge in [0.25, 0.3) is 0 Å². The normalized spacial score (nSPS) is 14.9. The van der Waals surface area contributed by atoms with Gasteiger partial charge in [-0.2, -0.15) is 0 Å². The van der Waals surface area contributed by atoms with E-state index in [2.05, 4.69) is 37.0 Å². The van der Waals surface area contributed by atoms with E-state index in [1.165, 1.54) is 11.8 Å². The van der Waals surface area contributed by atoms with Gasteiger partial charge in [-0.05, 0) is 43.3 Å². The number of nitrogens with two attached hydrogens (primary N) is 1. The second-order valence-electron chi connectivity index (χ2n) is 8.59. The van der Waals surface area contributed by atoms with Crippen molar-refractivity contribution in [3.63, 3.8) is 0 Å². The molecule has 5 N–H and O–H groups in total. The standard InChI is InChI=1S/C23H26ClN9OS/c1-4-15-19(24)18-21(27-15)29-23(30-22(18)33-9-13(25)10-33)35-14-5-6-16-17(7-14)31-32-20(28-16)12(3)26-8-11(2)34/h5-7,11,13,26,34H,3-4,8-10,25H2,1-2H3,(H,27,29,30)/t11-/m0/s1. The van der Waals surface area contributed by atoms with Crippen LogP contribution in [-0.4, -0.2) is 67.0 Å². The summed E-state index contributed by atoms with van der Waals surface area (Å²) in [4.78, 5) is 20.5. The lowest BCUT2D eigenvalue weighted by atomic mass is 10.1. The number of nitrogens with one attached hydrogen (secondary N) is 2. The minimum absolute atomic E-state index is 0.134. The minimum Gasteiger partial charge on any atom is -0.392 e. The second kappa shape index (κ2) is 9.57. The Morgan fingerprint density at radius 1 is 1.31 bits per heavy atom. The van der Waals surface area contributed by atoms with Crippen molar-refractivity contribution in [3.8, 4) is 0 Å². The van der Waals surface area contributed by atoms with E-state index in [-0.39, 0.29) is 6.04 Å². The van der Waals surface area contributed by atoms with Crippen LogP contribution in [0.2, 0.25) is 5.02 Å². The Hall–Kier alpha value is -2.99. The van der Waals surface area contributed by atoms with Crippen molar-refractivity contribution < 1.29 is 5.11 Å². The topological polar surface area (TPSA) is 142 Å². The molecule has 12 heteroatoms. The van der Waals surface area contributed by atoms with E-state index in [1.807, 2.05) is 25.1 Å². The molecule has 0 bridgehead atoms. The quantitative estimate of drug-likeness (QED) is 0.261. The van der Waals surface area contributed by atoms with Crippen LogP contribution in [0.3, 0.4) is 0 Å². The van der Waals surface area contributed by atoms with Crippen molar-refractivity contribution in [2.75, 3.05) is 24.5 Å². The predicted octanol–water partition coefficient (Wildman–Crippen LogP) is 2.75. The molecule has 0 radical (unpaired) electrons. The molecule has 4 aromatic rings. The average molecular weight is 512 g/mol. The second-order valence-corrected chi connectivity index (χ2v) is 10.0. The molecular formula is C23H26ClN9OS. The van der Waals surface area contributed by atoms with Gasteiger partial charge in [-0.3, -0.25) is 0 Å². The molecule has 1 aliphatic rings. The first kappa shape index (κ1) is 23.7. The Balaban J connectivity index is 1.44. The molecular weight excluding hydrogens is 486 g/mol. The molecule has 5 rings (SSSR count). The highest BCUT2D eigenvalue weighted by Crippen LogP contribution is 2.38. The van der Waals surface area contributed by atoms with Gasteiger partial charge in [-0.1, -0.05) is 25.1 Å². The van der Waals surface area contributed by atoms with E-state index in [0.29, 0.717) is 39.3 Å². The number of halogens is 1. The molecule has 1 aliphatic heterocycles. The molecule has 0 spiro atoms. The summed E-state index contributed by atoms with van der Waals surface area (Å²) < 4.78 is 0. The minimum atomic E-state index is -0.505. The highest BCUT2D eigenvalue weighted by atomic mass is 35.5. The number of hydrogen-bond acceptors (Lipinski definition) is 10. The number of benzene rings is 1. The fourth-order valence-electron chi connectivity index (χ4n) is 3.84.